The molecule has 0 saturated carbocycles. The van der Waals surface area contributed by atoms with E-state index in [0.29, 0.717) is 5.56 Å². The average molecular weight is 358 g/mol. The lowest BCUT2D eigenvalue weighted by Gasteiger charge is -2.21. The Morgan fingerprint density at radius 3 is 2.33 bits per heavy atom. The number of aromatic hydroxyl groups is 1. The van der Waals surface area contributed by atoms with Crippen molar-refractivity contribution in [2.24, 2.45) is 5.41 Å². The summed E-state index contributed by atoms with van der Waals surface area (Å²) in [6.45, 7) is 5.43. The molecule has 3 aromatic rings. The summed E-state index contributed by atoms with van der Waals surface area (Å²) >= 11 is 0. The molecule has 0 radical (unpaired) electrons. The number of hydrogen-bond donors (Lipinski definition) is 1. The van der Waals surface area contributed by atoms with E-state index in [9.17, 15) is 9.90 Å². The fourth-order valence-corrected chi connectivity index (χ4v) is 2.56. The van der Waals surface area contributed by atoms with Gasteiger partial charge in [-0.15, -0.1) is 0 Å². The summed E-state index contributed by atoms with van der Waals surface area (Å²) in [5.41, 5.74) is 0.662. The van der Waals surface area contributed by atoms with Crippen LogP contribution in [0.3, 0.4) is 0 Å². The molecule has 0 aliphatic rings. The zero-order valence-corrected chi connectivity index (χ0v) is 15.7. The van der Waals surface area contributed by atoms with Crippen LogP contribution in [0.4, 0.5) is 0 Å². The van der Waals surface area contributed by atoms with Crippen LogP contribution in [0.5, 0.6) is 5.75 Å². The summed E-state index contributed by atoms with van der Waals surface area (Å²) in [7, 11) is 0. The Bertz CT molecular complexity index is 1030. The van der Waals surface area contributed by atoms with Crippen molar-refractivity contribution in [3.8, 4) is 17.6 Å². The molecule has 1 unspecified atom stereocenters. The van der Waals surface area contributed by atoms with Crippen molar-refractivity contribution in [1.82, 2.24) is 0 Å². The van der Waals surface area contributed by atoms with Gasteiger partial charge in [-0.1, -0.05) is 54.5 Å². The van der Waals surface area contributed by atoms with Crippen molar-refractivity contribution in [2.75, 3.05) is 0 Å². The fourth-order valence-electron chi connectivity index (χ4n) is 2.56. The minimum Gasteiger partial charge on any atom is -0.507 e. The predicted octanol–water partition coefficient (Wildman–Crippen LogP) is 5.23. The molecule has 0 aromatic heterocycles. The van der Waals surface area contributed by atoms with E-state index in [1.165, 1.54) is 0 Å². The van der Waals surface area contributed by atoms with Crippen LogP contribution in [0.15, 0.2) is 66.7 Å². The van der Waals surface area contributed by atoms with Gasteiger partial charge in [0.25, 0.3) is 0 Å². The van der Waals surface area contributed by atoms with Gasteiger partial charge in [-0.05, 0) is 55.7 Å². The number of fused-ring (bicyclic) bond motifs is 1. The predicted molar refractivity (Wildman–Crippen MR) is 107 cm³/mol. The molecule has 0 aliphatic carbocycles. The number of phenols is 1. The van der Waals surface area contributed by atoms with Gasteiger partial charge in [-0.25, -0.2) is 0 Å². The molecule has 1 atom stereocenters. The zero-order chi connectivity index (χ0) is 19.4. The topological polar surface area (TPSA) is 46.5 Å². The van der Waals surface area contributed by atoms with Gasteiger partial charge in [-0.2, -0.15) is 0 Å². The van der Waals surface area contributed by atoms with Crippen molar-refractivity contribution >= 4 is 16.7 Å². The lowest BCUT2D eigenvalue weighted by Crippen LogP contribution is -2.24. The highest BCUT2D eigenvalue weighted by Gasteiger charge is 2.26. The number of rotatable bonds is 2. The van der Waals surface area contributed by atoms with Crippen LogP contribution < -0.4 is 0 Å². The van der Waals surface area contributed by atoms with Crippen molar-refractivity contribution in [3.63, 3.8) is 0 Å². The molecule has 3 nitrogen and oxygen atoms in total. The molecule has 0 heterocycles. The highest BCUT2D eigenvalue weighted by Crippen LogP contribution is 2.26. The largest absolute Gasteiger partial charge is 0.507 e. The molecule has 0 saturated heterocycles. The molecule has 27 heavy (non-hydrogen) atoms. The van der Waals surface area contributed by atoms with E-state index >= 15 is 0 Å². The van der Waals surface area contributed by atoms with Gasteiger partial charge < -0.3 is 9.84 Å². The number of benzene rings is 3. The molecule has 0 aliphatic heterocycles. The smallest absolute Gasteiger partial charge is 0.312 e. The molecular formula is C24H22O3. The van der Waals surface area contributed by atoms with Crippen LogP contribution in [0.1, 0.15) is 38.0 Å². The average Bonchev–Trinajstić information content (AvgIpc) is 2.65. The lowest BCUT2D eigenvalue weighted by molar-refractivity contribution is -0.156. The van der Waals surface area contributed by atoms with Crippen LogP contribution in [0, 0.1) is 17.3 Å². The SMILES string of the molecule is CC(C)(C)C(=O)OC(C#Cc1ccccc1O)c1ccc2ccccc2c1. The first kappa shape index (κ1) is 18.5. The van der Waals surface area contributed by atoms with Crippen LogP contribution in [0.2, 0.25) is 0 Å². The van der Waals surface area contributed by atoms with Crippen LogP contribution in [0.25, 0.3) is 10.8 Å². The number of phenolic OH excluding ortho intramolecular Hbond substituents is 1. The van der Waals surface area contributed by atoms with E-state index in [4.69, 9.17) is 4.74 Å². The minimum atomic E-state index is -0.721. The Morgan fingerprint density at radius 1 is 0.963 bits per heavy atom. The third-order valence-corrected chi connectivity index (χ3v) is 4.16. The first-order valence-corrected chi connectivity index (χ1v) is 8.84. The van der Waals surface area contributed by atoms with E-state index in [0.717, 1.165) is 16.3 Å². The maximum Gasteiger partial charge on any atom is 0.312 e. The molecule has 3 heteroatoms. The summed E-state index contributed by atoms with van der Waals surface area (Å²) in [5.74, 6) is 5.72. The summed E-state index contributed by atoms with van der Waals surface area (Å²) in [4.78, 5) is 12.5. The van der Waals surface area contributed by atoms with Crippen LogP contribution in [-0.4, -0.2) is 11.1 Å². The third kappa shape index (κ3) is 4.48. The highest BCUT2D eigenvalue weighted by atomic mass is 16.5. The lowest BCUT2D eigenvalue weighted by atomic mass is 9.97. The number of para-hydroxylation sites is 1. The Labute approximate surface area is 159 Å². The Morgan fingerprint density at radius 2 is 1.63 bits per heavy atom. The summed E-state index contributed by atoms with van der Waals surface area (Å²) in [6.07, 6.45) is -0.721. The van der Waals surface area contributed by atoms with Crippen molar-refractivity contribution in [3.05, 3.63) is 77.9 Å². The summed E-state index contributed by atoms with van der Waals surface area (Å²) < 4.78 is 5.72. The molecule has 136 valence electrons. The van der Waals surface area contributed by atoms with Gasteiger partial charge in [0.15, 0.2) is 6.10 Å². The van der Waals surface area contributed by atoms with Crippen molar-refractivity contribution in [1.29, 1.82) is 0 Å². The number of carbonyl (C=O) groups excluding carboxylic acids is 1. The maximum atomic E-state index is 12.5. The Kier molecular flexibility index (Phi) is 5.19. The van der Waals surface area contributed by atoms with E-state index in [1.54, 1.807) is 24.3 Å². The zero-order valence-electron chi connectivity index (χ0n) is 15.7. The van der Waals surface area contributed by atoms with E-state index < -0.39 is 11.5 Å². The number of esters is 1. The number of hydrogen-bond acceptors (Lipinski definition) is 3. The van der Waals surface area contributed by atoms with Gasteiger partial charge in [-0.3, -0.25) is 4.79 Å². The molecule has 0 fully saturated rings. The summed E-state index contributed by atoms with van der Waals surface area (Å²) in [6, 6.07) is 20.7. The number of carbonyl (C=O) groups is 1. The van der Waals surface area contributed by atoms with Gasteiger partial charge in [0.2, 0.25) is 0 Å². The molecule has 0 amide bonds. The van der Waals surface area contributed by atoms with Gasteiger partial charge in [0, 0.05) is 5.56 Å². The monoisotopic (exact) mass is 358 g/mol. The van der Waals surface area contributed by atoms with Crippen molar-refractivity contribution < 1.29 is 14.6 Å². The van der Waals surface area contributed by atoms with Crippen LogP contribution in [-0.2, 0) is 9.53 Å². The second kappa shape index (κ2) is 7.55. The quantitative estimate of drug-likeness (QED) is 0.504. The normalized spacial score (nSPS) is 12.1. The first-order chi connectivity index (χ1) is 12.8. The van der Waals surface area contributed by atoms with Gasteiger partial charge >= 0.3 is 5.97 Å². The molecule has 3 rings (SSSR count). The Balaban J connectivity index is 2.01. The van der Waals surface area contributed by atoms with Gasteiger partial charge in [0.05, 0.1) is 11.0 Å². The van der Waals surface area contributed by atoms with Crippen LogP contribution >= 0.6 is 0 Å². The maximum absolute atomic E-state index is 12.5. The minimum absolute atomic E-state index is 0.101. The van der Waals surface area contributed by atoms with E-state index in [1.807, 2.05) is 63.2 Å². The van der Waals surface area contributed by atoms with E-state index in [-0.39, 0.29) is 11.7 Å². The third-order valence-electron chi connectivity index (χ3n) is 4.16. The standard InChI is InChI=1S/C24H22O3/c1-24(2,3)23(26)27-22(15-14-18-9-6-7-11-21(18)25)20-13-12-17-8-4-5-10-19(17)16-20/h4-13,16,22,25H,1-3H3. The summed E-state index contributed by atoms with van der Waals surface area (Å²) in [5, 5.41) is 12.1. The van der Waals surface area contributed by atoms with E-state index in [2.05, 4.69) is 11.8 Å². The molecular weight excluding hydrogens is 336 g/mol. The Hall–Kier alpha value is -3.25. The molecule has 1 N–H and O–H groups in total. The molecule has 0 spiro atoms. The first-order valence-electron chi connectivity index (χ1n) is 8.84. The second-order valence-corrected chi connectivity index (χ2v) is 7.43. The second-order valence-electron chi connectivity index (χ2n) is 7.43. The fraction of sp³-hybridized carbons (Fsp3) is 0.208. The van der Waals surface area contributed by atoms with Crippen molar-refractivity contribution in [2.45, 2.75) is 26.9 Å². The molecule has 3 aromatic carbocycles. The molecule has 0 bridgehead atoms. The number of ether oxygens (including phenoxy) is 1. The highest BCUT2D eigenvalue weighted by molar-refractivity contribution is 5.83. The van der Waals surface area contributed by atoms with Gasteiger partial charge in [0.1, 0.15) is 5.75 Å².